The fourth-order valence-electron chi connectivity index (χ4n) is 13.8. The zero-order valence-corrected chi connectivity index (χ0v) is 52.9. The van der Waals surface area contributed by atoms with Crippen LogP contribution in [0.5, 0.6) is 34.5 Å². The van der Waals surface area contributed by atoms with Gasteiger partial charge in [-0.3, -0.25) is 19.2 Å². The van der Waals surface area contributed by atoms with E-state index in [1.54, 1.807) is 64.9 Å². The molecule has 0 aliphatic carbocycles. The first-order valence-electron chi connectivity index (χ1n) is 30.0. The van der Waals surface area contributed by atoms with Gasteiger partial charge in [-0.15, -0.1) is 46.2 Å². The molecule has 2 aromatic heterocycles. The molecule has 8 aliphatic rings. The number of thioether (sulfide) groups is 2. The van der Waals surface area contributed by atoms with Gasteiger partial charge in [0.05, 0.1) is 39.8 Å². The molecular weight excluding hydrogens is 1260 g/mol. The number of carbonyl (C=O) groups excluding carboxylic acids is 6. The van der Waals surface area contributed by atoms with Gasteiger partial charge in [-0.1, -0.05) is 80.2 Å². The Kier molecular flexibility index (Phi) is 15.8. The van der Waals surface area contributed by atoms with Crippen LogP contribution in [0, 0.1) is 25.7 Å². The molecule has 8 unspecified atom stereocenters. The molecule has 0 radical (unpaired) electrons. The number of carbonyl (C=O) groups is 7. The van der Waals surface area contributed by atoms with Crippen molar-refractivity contribution in [1.29, 1.82) is 0 Å². The number of fused-ring (bicyclic) bond motifs is 14. The summed E-state index contributed by atoms with van der Waals surface area (Å²) in [7, 11) is 0. The first-order chi connectivity index (χ1) is 44.6. The van der Waals surface area contributed by atoms with E-state index in [9.17, 15) is 38.7 Å². The van der Waals surface area contributed by atoms with Gasteiger partial charge in [-0.2, -0.15) is 0 Å². The maximum Gasteiger partial charge on any atom is 0.340 e. The lowest BCUT2D eigenvalue weighted by atomic mass is 9.77. The number of thiophene rings is 2. The molecule has 470 valence electrons. The molecule has 6 aromatic carbocycles. The first kappa shape index (κ1) is 61.3. The van der Waals surface area contributed by atoms with Crippen molar-refractivity contribution in [2.45, 2.75) is 87.9 Å². The Labute approximate surface area is 552 Å². The van der Waals surface area contributed by atoms with Crippen molar-refractivity contribution in [1.82, 2.24) is 9.80 Å². The highest BCUT2D eigenvalue weighted by molar-refractivity contribution is 8.03. The smallest absolute Gasteiger partial charge is 0.340 e. The second-order valence-corrected chi connectivity index (χ2v) is 27.9. The highest BCUT2D eigenvalue weighted by Crippen LogP contribution is 2.59. The van der Waals surface area contributed by atoms with Crippen LogP contribution in [0.2, 0.25) is 0 Å². The molecule has 2 amide bonds. The average Bonchev–Trinajstić information content (AvgIpc) is 1.67. The predicted molar refractivity (Wildman–Crippen MR) is 352 cm³/mol. The van der Waals surface area contributed by atoms with Crippen molar-refractivity contribution in [2.24, 2.45) is 11.8 Å². The number of hydrogen-bond acceptors (Lipinski definition) is 17. The molecule has 2 saturated heterocycles. The minimum Gasteiger partial charge on any atom is -0.489 e. The Morgan fingerprint density at radius 3 is 1.43 bits per heavy atom. The zero-order chi connectivity index (χ0) is 63.3. The van der Waals surface area contributed by atoms with Crippen molar-refractivity contribution in [3.8, 4) is 34.5 Å². The molecule has 8 aromatic rings. The number of aryl methyl sites for hydroxylation is 2. The lowest BCUT2D eigenvalue weighted by Crippen LogP contribution is -2.66. The summed E-state index contributed by atoms with van der Waals surface area (Å²) in [6.45, 7) is 6.17. The third-order valence-electron chi connectivity index (χ3n) is 18.2. The van der Waals surface area contributed by atoms with Crippen LogP contribution in [0.15, 0.2) is 178 Å². The number of benzene rings is 6. The third-order valence-corrected chi connectivity index (χ3v) is 22.5. The number of carboxylic acids is 1. The molecule has 8 atom stereocenters. The Bertz CT molecular complexity index is 4500. The minimum absolute atomic E-state index is 0. The lowest BCUT2D eigenvalue weighted by Gasteiger charge is -2.52. The van der Waals surface area contributed by atoms with Gasteiger partial charge >= 0.3 is 17.9 Å². The lowest BCUT2D eigenvalue weighted by molar-refractivity contribution is -0.163. The summed E-state index contributed by atoms with van der Waals surface area (Å²) in [5.41, 5.74) is 6.52. The number of aliphatic carboxylic acids is 1. The van der Waals surface area contributed by atoms with Crippen LogP contribution in [0.1, 0.15) is 102 Å². The monoisotopic (exact) mass is 1320 g/mol. The molecule has 2 spiro atoms. The van der Waals surface area contributed by atoms with Gasteiger partial charge in [0.15, 0.2) is 17.2 Å². The second kappa shape index (κ2) is 24.0. The van der Waals surface area contributed by atoms with Crippen LogP contribution >= 0.6 is 46.2 Å². The number of amides is 2. The number of nitrogens with zero attached hydrogens (tertiary/aromatic N) is 2. The summed E-state index contributed by atoms with van der Waals surface area (Å²) in [5, 5.41) is 17.4. The topological polar surface area (TPSA) is 202 Å². The molecule has 0 bridgehead atoms. The number of carboxylic acid groups (broad SMARTS) is 1. The SMILES string of the molecule is C.Cc1ccc2c(c1)Oc1cc(OCC3=CSC4C(CC(=O)Cc5cccs5)C(=O)N4C3C(=O)O)ccc1C21OC(=O)c2ccccc21.Cc1ccc2c(c1)Oc1cc(OCC3=CSC4C(CC(=O)Cc5cccs5)C(=O)N4C3C)ccc1C21OC(=O)c2ccccc21. The van der Waals surface area contributed by atoms with E-state index in [0.29, 0.717) is 69.8 Å². The van der Waals surface area contributed by atoms with Gasteiger partial charge in [0.2, 0.25) is 11.8 Å². The van der Waals surface area contributed by atoms with Crippen LogP contribution in [-0.4, -0.2) is 92.2 Å². The van der Waals surface area contributed by atoms with Gasteiger partial charge in [0, 0.05) is 86.5 Å². The maximum absolute atomic E-state index is 13.2. The summed E-state index contributed by atoms with van der Waals surface area (Å²) in [4.78, 5) is 95.4. The molecule has 93 heavy (non-hydrogen) atoms. The summed E-state index contributed by atoms with van der Waals surface area (Å²) >= 11 is 5.98. The van der Waals surface area contributed by atoms with Gasteiger partial charge in [-0.05, 0) is 120 Å². The van der Waals surface area contributed by atoms with E-state index in [-0.39, 0.29) is 80.0 Å². The molecule has 20 heteroatoms. The molecule has 2 fully saturated rings. The highest BCUT2D eigenvalue weighted by Gasteiger charge is 2.58. The summed E-state index contributed by atoms with van der Waals surface area (Å²) in [5.74, 6) is 0.171. The number of esters is 2. The van der Waals surface area contributed by atoms with E-state index in [1.807, 2.05) is 146 Å². The normalized spacial score (nSPS) is 23.4. The Balaban J connectivity index is 0.000000160. The van der Waals surface area contributed by atoms with Gasteiger partial charge < -0.3 is 43.3 Å². The Hall–Kier alpha value is -9.21. The molecule has 0 saturated carbocycles. The predicted octanol–water partition coefficient (Wildman–Crippen LogP) is 13.7. The summed E-state index contributed by atoms with van der Waals surface area (Å²) < 4.78 is 37.6. The van der Waals surface area contributed by atoms with Crippen LogP contribution in [0.4, 0.5) is 0 Å². The molecule has 16 rings (SSSR count). The fourth-order valence-corrected chi connectivity index (χ4v) is 17.9. The molecular formula is C73H60N2O14S4. The number of hydrogen-bond donors (Lipinski definition) is 1. The number of ether oxygens (including phenoxy) is 6. The molecule has 10 heterocycles. The largest absolute Gasteiger partial charge is 0.489 e. The van der Waals surface area contributed by atoms with Gasteiger partial charge in [0.25, 0.3) is 0 Å². The number of β-lactam (4-membered cyclic amide) rings is 2. The van der Waals surface area contributed by atoms with Crippen molar-refractivity contribution in [3.63, 3.8) is 0 Å². The van der Waals surface area contributed by atoms with Crippen LogP contribution in [0.3, 0.4) is 0 Å². The van der Waals surface area contributed by atoms with Crippen LogP contribution < -0.4 is 18.9 Å². The molecule has 1 N–H and O–H groups in total. The third kappa shape index (κ3) is 10.3. The Morgan fingerprint density at radius 2 is 0.957 bits per heavy atom. The maximum atomic E-state index is 13.2. The van der Waals surface area contributed by atoms with E-state index in [4.69, 9.17) is 28.4 Å². The van der Waals surface area contributed by atoms with Crippen molar-refractivity contribution in [3.05, 3.63) is 244 Å². The van der Waals surface area contributed by atoms with Gasteiger partial charge in [0.1, 0.15) is 59.3 Å². The minimum atomic E-state index is -1.20. The summed E-state index contributed by atoms with van der Waals surface area (Å²) in [6, 6.07) is 43.7. The van der Waals surface area contributed by atoms with E-state index >= 15 is 0 Å². The summed E-state index contributed by atoms with van der Waals surface area (Å²) in [6.07, 6.45) is 1.00. The average molecular weight is 1320 g/mol. The second-order valence-electron chi connectivity index (χ2n) is 23.9. The quantitative estimate of drug-likeness (QED) is 0.0749. The van der Waals surface area contributed by atoms with E-state index in [1.165, 1.54) is 28.0 Å². The number of Topliss-reactive ketones (excluding diaryl/α,β-unsaturated/α-hetero) is 2. The van der Waals surface area contributed by atoms with Crippen molar-refractivity contribution >= 4 is 87.5 Å². The van der Waals surface area contributed by atoms with E-state index in [0.717, 1.165) is 54.3 Å². The van der Waals surface area contributed by atoms with Crippen LogP contribution in [0.25, 0.3) is 0 Å². The molecule has 16 nitrogen and oxygen atoms in total. The van der Waals surface area contributed by atoms with E-state index in [2.05, 4.69) is 5.41 Å². The van der Waals surface area contributed by atoms with Gasteiger partial charge in [-0.25, -0.2) is 14.4 Å². The first-order valence-corrected chi connectivity index (χ1v) is 33.6. The standard InChI is InChI=1S/C36H27NO8S2.C36H29NO6S2.CH4/c1-19-8-10-27-29(13-19)44-30-16-22(9-11-28(30)36(27)26-7-3-2-6-24(26)35(42)45-36)43-17-20-18-47-33-25(32(39)37(33)31(20)34(40)41)15-21(38)14-23-5-4-12-46-23;1-20-9-11-29-31(14-20)42-32-17-24(10-12-30(32)36(29)28-8-4-3-7-26(28)35(40)43-36)41-18-22-19-45-34-27(33(39)37(34)21(22)2)16-23(38)15-25-6-5-13-44-25;/h2-13,16,18,25,31,33H,14-15,17H2,1H3,(H,40,41);3-14,17,19,21,27,34H,15-16,18H2,1-2H3;1H4. The molecule has 8 aliphatic heterocycles. The number of rotatable bonds is 15. The van der Waals surface area contributed by atoms with Crippen molar-refractivity contribution in [2.75, 3.05) is 13.2 Å². The van der Waals surface area contributed by atoms with Crippen LogP contribution in [-0.2, 0) is 57.5 Å². The highest BCUT2D eigenvalue weighted by atomic mass is 32.2. The fraction of sp³-hybridized carbons (Fsp3) is 0.247. The van der Waals surface area contributed by atoms with E-state index < -0.39 is 40.5 Å². The Morgan fingerprint density at radius 1 is 0.527 bits per heavy atom. The zero-order valence-electron chi connectivity index (χ0n) is 49.7. The van der Waals surface area contributed by atoms with Crippen molar-refractivity contribution < 1.29 is 67.1 Å². The number of ketones is 2.